The van der Waals surface area contributed by atoms with Gasteiger partial charge in [0.25, 0.3) is 10.2 Å². The van der Waals surface area contributed by atoms with Gasteiger partial charge in [0.2, 0.25) is 5.91 Å². The van der Waals surface area contributed by atoms with E-state index < -0.39 is 10.2 Å². The summed E-state index contributed by atoms with van der Waals surface area (Å²) in [6.45, 7) is 0.665. The molecule has 2 unspecified atom stereocenters. The second kappa shape index (κ2) is 6.66. The summed E-state index contributed by atoms with van der Waals surface area (Å²) in [5, 5.41) is 8.41. The molecule has 0 aromatic carbocycles. The van der Waals surface area contributed by atoms with Crippen LogP contribution >= 0.6 is 0 Å². The molecule has 8 heteroatoms. The van der Waals surface area contributed by atoms with Gasteiger partial charge in [0.15, 0.2) is 0 Å². The van der Waals surface area contributed by atoms with Crippen molar-refractivity contribution in [2.24, 2.45) is 28.6 Å². The Bertz CT molecular complexity index is 531. The van der Waals surface area contributed by atoms with E-state index in [1.165, 1.54) is 10.7 Å². The van der Waals surface area contributed by atoms with Crippen molar-refractivity contribution in [3.8, 4) is 0 Å². The van der Waals surface area contributed by atoms with E-state index in [1.807, 2.05) is 0 Å². The van der Waals surface area contributed by atoms with Crippen LogP contribution in [0.25, 0.3) is 0 Å². The number of fused-ring (bicyclic) bond motifs is 2. The maximum atomic E-state index is 12.6. The predicted molar refractivity (Wildman–Crippen MR) is 87.4 cm³/mol. The van der Waals surface area contributed by atoms with E-state index in [0.717, 1.165) is 25.7 Å². The molecule has 1 aliphatic heterocycles. The first-order chi connectivity index (χ1) is 10.8. The Labute approximate surface area is 138 Å². The normalized spacial score (nSPS) is 36.6. The Hall–Kier alpha value is -0.700. The minimum absolute atomic E-state index is 0.0800. The molecule has 0 radical (unpaired) electrons. The van der Waals surface area contributed by atoms with Gasteiger partial charge < -0.3 is 11.1 Å². The highest BCUT2D eigenvalue weighted by Crippen LogP contribution is 2.39. The molecule has 2 bridgehead atoms. The number of piperidine rings is 1. The van der Waals surface area contributed by atoms with E-state index in [1.54, 1.807) is 0 Å². The van der Waals surface area contributed by atoms with Gasteiger partial charge in [0.05, 0.1) is 0 Å². The highest BCUT2D eigenvalue weighted by Gasteiger charge is 2.41. The average molecular weight is 344 g/mol. The number of rotatable bonds is 3. The number of carbonyl (C=O) groups is 1. The number of nitrogens with zero attached hydrogens (tertiary/aromatic N) is 1. The second-order valence-electron chi connectivity index (χ2n) is 7.44. The molecule has 5 N–H and O–H groups in total. The van der Waals surface area contributed by atoms with Crippen LogP contribution in [0.4, 0.5) is 0 Å². The van der Waals surface area contributed by atoms with Crippen LogP contribution in [-0.4, -0.2) is 43.8 Å². The summed E-state index contributed by atoms with van der Waals surface area (Å²) in [4.78, 5) is 12.6. The Morgan fingerprint density at radius 2 is 1.61 bits per heavy atom. The third-order valence-electron chi connectivity index (χ3n) is 5.87. The van der Waals surface area contributed by atoms with Crippen molar-refractivity contribution in [3.05, 3.63) is 0 Å². The Morgan fingerprint density at radius 3 is 2.13 bits per heavy atom. The topological polar surface area (TPSA) is 119 Å². The van der Waals surface area contributed by atoms with E-state index in [9.17, 15) is 13.2 Å². The fourth-order valence-electron chi connectivity index (χ4n) is 4.68. The molecular weight excluding hydrogens is 316 g/mol. The van der Waals surface area contributed by atoms with Gasteiger partial charge in [-0.2, -0.15) is 12.7 Å². The lowest BCUT2D eigenvalue weighted by Gasteiger charge is -2.45. The molecule has 2 aliphatic carbocycles. The molecule has 0 aromatic rings. The van der Waals surface area contributed by atoms with Crippen LogP contribution in [-0.2, 0) is 15.0 Å². The van der Waals surface area contributed by atoms with Gasteiger partial charge in [-0.3, -0.25) is 4.79 Å². The van der Waals surface area contributed by atoms with Crippen molar-refractivity contribution in [3.63, 3.8) is 0 Å². The minimum Gasteiger partial charge on any atom is -0.353 e. The van der Waals surface area contributed by atoms with E-state index in [-0.39, 0.29) is 23.9 Å². The zero-order valence-corrected chi connectivity index (χ0v) is 14.3. The number of carbonyl (C=O) groups excluding carboxylic acids is 1. The molecule has 0 aromatic heterocycles. The molecule has 1 saturated heterocycles. The van der Waals surface area contributed by atoms with Crippen molar-refractivity contribution < 1.29 is 13.2 Å². The maximum Gasteiger partial charge on any atom is 0.276 e. The van der Waals surface area contributed by atoms with Crippen LogP contribution in [0.2, 0.25) is 0 Å². The summed E-state index contributed by atoms with van der Waals surface area (Å²) >= 11 is 0. The van der Waals surface area contributed by atoms with Crippen molar-refractivity contribution in [2.75, 3.05) is 13.1 Å². The molecule has 1 amide bonds. The zero-order valence-electron chi connectivity index (χ0n) is 13.5. The monoisotopic (exact) mass is 344 g/mol. The zero-order chi connectivity index (χ0) is 16.6. The molecule has 0 spiro atoms. The Kier molecular flexibility index (Phi) is 4.96. The van der Waals surface area contributed by atoms with Crippen LogP contribution in [0, 0.1) is 17.8 Å². The minimum atomic E-state index is -3.63. The van der Waals surface area contributed by atoms with Gasteiger partial charge in [-0.05, 0) is 50.4 Å². The van der Waals surface area contributed by atoms with Crippen LogP contribution in [0.5, 0.6) is 0 Å². The summed E-state index contributed by atoms with van der Waals surface area (Å²) in [5.41, 5.74) is 6.13. The first-order valence-corrected chi connectivity index (χ1v) is 10.2. The Morgan fingerprint density at radius 1 is 1.04 bits per heavy atom. The fraction of sp³-hybridized carbons (Fsp3) is 0.933. The SMILES string of the molecule is NC1CC2CCCC(C1)C2NC(=O)C1CCN(S(N)(=O)=O)CC1. The molecule has 7 nitrogen and oxygen atoms in total. The molecule has 132 valence electrons. The van der Waals surface area contributed by atoms with Crippen molar-refractivity contribution in [1.82, 2.24) is 9.62 Å². The number of nitrogens with two attached hydrogens (primary N) is 2. The lowest BCUT2D eigenvalue weighted by Crippen LogP contribution is -2.55. The fourth-order valence-corrected chi connectivity index (χ4v) is 5.40. The summed E-state index contributed by atoms with van der Waals surface area (Å²) in [5.74, 6) is 0.984. The van der Waals surface area contributed by atoms with Crippen LogP contribution in [0.15, 0.2) is 0 Å². The van der Waals surface area contributed by atoms with E-state index >= 15 is 0 Å². The molecule has 2 saturated carbocycles. The average Bonchev–Trinajstić information content (AvgIpc) is 2.47. The van der Waals surface area contributed by atoms with Gasteiger partial charge in [0.1, 0.15) is 0 Å². The molecule has 3 rings (SSSR count). The second-order valence-corrected chi connectivity index (χ2v) is 8.98. The van der Waals surface area contributed by atoms with Crippen LogP contribution < -0.4 is 16.2 Å². The lowest BCUT2D eigenvalue weighted by atomic mass is 9.67. The molecular formula is C15H28N4O3S. The van der Waals surface area contributed by atoms with E-state index in [4.69, 9.17) is 10.9 Å². The Balaban J connectivity index is 1.56. The van der Waals surface area contributed by atoms with Crippen molar-refractivity contribution in [1.29, 1.82) is 0 Å². The summed E-state index contributed by atoms with van der Waals surface area (Å²) in [7, 11) is -3.63. The quantitative estimate of drug-likeness (QED) is 0.663. The largest absolute Gasteiger partial charge is 0.353 e. The maximum absolute atomic E-state index is 12.6. The molecule has 1 heterocycles. The third kappa shape index (κ3) is 3.87. The highest BCUT2D eigenvalue weighted by atomic mass is 32.2. The van der Waals surface area contributed by atoms with E-state index in [0.29, 0.717) is 37.8 Å². The predicted octanol–water partition coefficient (Wildman–Crippen LogP) is -0.0759. The molecule has 23 heavy (non-hydrogen) atoms. The summed E-state index contributed by atoms with van der Waals surface area (Å²) in [6.07, 6.45) is 6.64. The van der Waals surface area contributed by atoms with Crippen molar-refractivity contribution >= 4 is 16.1 Å². The van der Waals surface area contributed by atoms with E-state index in [2.05, 4.69) is 5.32 Å². The first kappa shape index (κ1) is 17.1. The molecule has 3 aliphatic rings. The van der Waals surface area contributed by atoms with Crippen molar-refractivity contribution in [2.45, 2.75) is 57.0 Å². The standard InChI is InChI=1S/C15H28N4O3S/c16-13-8-11-2-1-3-12(9-13)14(11)18-15(20)10-4-6-19(7-5-10)23(17,21)22/h10-14H,1-9,16H2,(H,18,20)(H2,17,21,22). The van der Waals surface area contributed by atoms with Gasteiger partial charge in [-0.1, -0.05) is 6.42 Å². The number of hydrogen-bond acceptors (Lipinski definition) is 4. The van der Waals surface area contributed by atoms with Crippen LogP contribution in [0.3, 0.4) is 0 Å². The molecule has 2 atom stereocenters. The van der Waals surface area contributed by atoms with Crippen LogP contribution in [0.1, 0.15) is 44.9 Å². The number of hydrogen-bond donors (Lipinski definition) is 3. The number of nitrogens with one attached hydrogen (secondary N) is 1. The van der Waals surface area contributed by atoms with Gasteiger partial charge >= 0.3 is 0 Å². The van der Waals surface area contributed by atoms with Gasteiger partial charge in [-0.15, -0.1) is 0 Å². The number of amides is 1. The highest BCUT2D eigenvalue weighted by molar-refractivity contribution is 7.86. The third-order valence-corrected chi connectivity index (χ3v) is 6.96. The molecule has 3 fully saturated rings. The first-order valence-electron chi connectivity index (χ1n) is 8.68. The lowest BCUT2D eigenvalue weighted by molar-refractivity contribution is -0.128. The van der Waals surface area contributed by atoms with Gasteiger partial charge in [-0.25, -0.2) is 5.14 Å². The smallest absolute Gasteiger partial charge is 0.276 e. The summed E-state index contributed by atoms with van der Waals surface area (Å²) < 4.78 is 23.9. The van der Waals surface area contributed by atoms with Gasteiger partial charge in [0, 0.05) is 31.1 Å². The summed E-state index contributed by atoms with van der Waals surface area (Å²) in [6, 6.07) is 0.531.